The first-order valence-corrected chi connectivity index (χ1v) is 8.76. The molecule has 1 saturated carbocycles. The number of hydrogen-bond acceptors (Lipinski definition) is 3. The van der Waals surface area contributed by atoms with Crippen molar-refractivity contribution in [3.8, 4) is 0 Å². The normalized spacial score (nSPS) is 15.7. The van der Waals surface area contributed by atoms with Crippen LogP contribution < -0.4 is 5.32 Å². The van der Waals surface area contributed by atoms with Crippen molar-refractivity contribution in [2.45, 2.75) is 51.5 Å². The summed E-state index contributed by atoms with van der Waals surface area (Å²) in [5.41, 5.74) is 0.673. The van der Waals surface area contributed by atoms with Crippen molar-refractivity contribution in [3.63, 3.8) is 0 Å². The van der Waals surface area contributed by atoms with Gasteiger partial charge in [0.1, 0.15) is 0 Å². The maximum atomic E-state index is 12.3. The lowest BCUT2D eigenvalue weighted by Crippen LogP contribution is -2.42. The first kappa shape index (κ1) is 16.0. The summed E-state index contributed by atoms with van der Waals surface area (Å²) in [5.74, 6) is 0.0692. The topological polar surface area (TPSA) is 49.4 Å². The molecule has 1 aliphatic carbocycles. The van der Waals surface area contributed by atoms with Crippen LogP contribution in [0.4, 0.5) is 0 Å². The molecule has 0 aliphatic heterocycles. The number of amides is 2. The van der Waals surface area contributed by atoms with Gasteiger partial charge >= 0.3 is 0 Å². The molecular weight excluding hydrogens is 284 g/mol. The minimum absolute atomic E-state index is 0.0928. The van der Waals surface area contributed by atoms with E-state index in [0.717, 1.165) is 19.4 Å². The summed E-state index contributed by atoms with van der Waals surface area (Å²) in [4.78, 5) is 26.1. The van der Waals surface area contributed by atoms with E-state index >= 15 is 0 Å². The van der Waals surface area contributed by atoms with Crippen LogP contribution in [-0.2, 0) is 4.79 Å². The van der Waals surface area contributed by atoms with Crippen LogP contribution in [0.1, 0.15) is 55.8 Å². The van der Waals surface area contributed by atoms with E-state index in [1.165, 1.54) is 30.6 Å². The Morgan fingerprint density at radius 3 is 2.71 bits per heavy atom. The van der Waals surface area contributed by atoms with Crippen molar-refractivity contribution >= 4 is 23.2 Å². The Morgan fingerprint density at radius 1 is 1.33 bits per heavy atom. The average molecular weight is 308 g/mol. The van der Waals surface area contributed by atoms with Crippen LogP contribution in [0, 0.1) is 0 Å². The molecule has 1 N–H and O–H groups in total. The standard InChI is InChI=1S/C16H24N2O2S/c1-2-18(14-6-4-3-5-7-14)15(19)8-10-17-16(20)13-9-11-21-12-13/h9,11-12,14H,2-8,10H2,1H3,(H,17,20). The molecule has 0 saturated heterocycles. The summed E-state index contributed by atoms with van der Waals surface area (Å²) in [6.45, 7) is 3.22. The van der Waals surface area contributed by atoms with E-state index in [9.17, 15) is 9.59 Å². The molecule has 0 atom stereocenters. The largest absolute Gasteiger partial charge is 0.351 e. The highest BCUT2D eigenvalue weighted by Crippen LogP contribution is 2.22. The van der Waals surface area contributed by atoms with Gasteiger partial charge in [-0.3, -0.25) is 9.59 Å². The molecule has 1 fully saturated rings. The summed E-state index contributed by atoms with van der Waals surface area (Å²) in [6, 6.07) is 2.20. The summed E-state index contributed by atoms with van der Waals surface area (Å²) >= 11 is 1.50. The maximum Gasteiger partial charge on any atom is 0.252 e. The highest BCUT2D eigenvalue weighted by molar-refractivity contribution is 7.08. The summed E-state index contributed by atoms with van der Waals surface area (Å²) < 4.78 is 0. The van der Waals surface area contributed by atoms with E-state index in [2.05, 4.69) is 5.32 Å². The zero-order chi connectivity index (χ0) is 15.1. The molecule has 0 radical (unpaired) electrons. The first-order chi connectivity index (χ1) is 10.2. The molecule has 5 heteroatoms. The summed E-state index contributed by atoms with van der Waals surface area (Å²) in [7, 11) is 0. The van der Waals surface area contributed by atoms with Crippen LogP contribution in [-0.4, -0.2) is 35.8 Å². The molecule has 1 heterocycles. The van der Waals surface area contributed by atoms with E-state index in [1.54, 1.807) is 6.07 Å². The fraction of sp³-hybridized carbons (Fsp3) is 0.625. The Bertz CT molecular complexity index is 453. The Morgan fingerprint density at radius 2 is 2.10 bits per heavy atom. The van der Waals surface area contributed by atoms with E-state index < -0.39 is 0 Å². The van der Waals surface area contributed by atoms with Gasteiger partial charge in [0, 0.05) is 36.5 Å². The van der Waals surface area contributed by atoms with Gasteiger partial charge in [0.05, 0.1) is 0 Å². The zero-order valence-corrected chi connectivity index (χ0v) is 13.5. The zero-order valence-electron chi connectivity index (χ0n) is 12.6. The quantitative estimate of drug-likeness (QED) is 0.878. The van der Waals surface area contributed by atoms with Gasteiger partial charge in [-0.05, 0) is 31.2 Å². The second-order valence-corrected chi connectivity index (χ2v) is 6.27. The number of rotatable bonds is 6. The molecule has 116 valence electrons. The van der Waals surface area contributed by atoms with Gasteiger partial charge < -0.3 is 10.2 Å². The van der Waals surface area contributed by atoms with Crippen LogP contribution in [0.15, 0.2) is 16.8 Å². The van der Waals surface area contributed by atoms with Gasteiger partial charge in [-0.2, -0.15) is 11.3 Å². The number of nitrogens with zero attached hydrogens (tertiary/aromatic N) is 1. The molecule has 2 rings (SSSR count). The third kappa shape index (κ3) is 4.56. The summed E-state index contributed by atoms with van der Waals surface area (Å²) in [5, 5.41) is 6.51. The van der Waals surface area contributed by atoms with E-state index in [-0.39, 0.29) is 11.8 Å². The minimum atomic E-state index is -0.0928. The van der Waals surface area contributed by atoms with Crippen LogP contribution in [0.25, 0.3) is 0 Å². The van der Waals surface area contributed by atoms with Crippen molar-refractivity contribution in [1.29, 1.82) is 0 Å². The highest BCUT2D eigenvalue weighted by Gasteiger charge is 2.23. The van der Waals surface area contributed by atoms with Crippen molar-refractivity contribution in [2.24, 2.45) is 0 Å². The lowest BCUT2D eigenvalue weighted by molar-refractivity contribution is -0.133. The van der Waals surface area contributed by atoms with Gasteiger partial charge in [-0.1, -0.05) is 19.3 Å². The SMILES string of the molecule is CCN(C(=O)CCNC(=O)c1ccsc1)C1CCCCC1. The third-order valence-corrected chi connectivity index (χ3v) is 4.77. The molecule has 4 nitrogen and oxygen atoms in total. The second-order valence-electron chi connectivity index (χ2n) is 5.49. The Balaban J connectivity index is 1.76. The molecular formula is C16H24N2O2S. The predicted molar refractivity (Wildman–Crippen MR) is 85.5 cm³/mol. The van der Waals surface area contributed by atoms with Gasteiger partial charge in [0.15, 0.2) is 0 Å². The van der Waals surface area contributed by atoms with Gasteiger partial charge in [0.2, 0.25) is 5.91 Å². The number of carbonyl (C=O) groups excluding carboxylic acids is 2. The number of thiophene rings is 1. The predicted octanol–water partition coefficient (Wildman–Crippen LogP) is 3.05. The van der Waals surface area contributed by atoms with E-state index in [1.807, 2.05) is 22.6 Å². The summed E-state index contributed by atoms with van der Waals surface area (Å²) in [6.07, 6.45) is 6.38. The minimum Gasteiger partial charge on any atom is -0.351 e. The maximum absolute atomic E-state index is 12.3. The number of nitrogens with one attached hydrogen (secondary N) is 1. The van der Waals surface area contributed by atoms with E-state index in [0.29, 0.717) is 24.6 Å². The lowest BCUT2D eigenvalue weighted by atomic mass is 9.94. The fourth-order valence-electron chi connectivity index (χ4n) is 2.95. The first-order valence-electron chi connectivity index (χ1n) is 7.82. The van der Waals surface area contributed by atoms with Crippen molar-refractivity contribution in [3.05, 3.63) is 22.4 Å². The van der Waals surface area contributed by atoms with Crippen LogP contribution in [0.3, 0.4) is 0 Å². The molecule has 0 aromatic carbocycles. The molecule has 1 aromatic rings. The molecule has 2 amide bonds. The monoisotopic (exact) mass is 308 g/mol. The van der Waals surface area contributed by atoms with Crippen LogP contribution >= 0.6 is 11.3 Å². The number of carbonyl (C=O) groups is 2. The Labute approximate surface area is 130 Å². The van der Waals surface area contributed by atoms with Crippen molar-refractivity contribution < 1.29 is 9.59 Å². The van der Waals surface area contributed by atoms with Crippen molar-refractivity contribution in [2.75, 3.05) is 13.1 Å². The van der Waals surface area contributed by atoms with E-state index in [4.69, 9.17) is 0 Å². The fourth-order valence-corrected chi connectivity index (χ4v) is 3.59. The molecule has 0 bridgehead atoms. The third-order valence-electron chi connectivity index (χ3n) is 4.08. The lowest BCUT2D eigenvalue weighted by Gasteiger charge is -2.33. The van der Waals surface area contributed by atoms with Crippen LogP contribution in [0.2, 0.25) is 0 Å². The Hall–Kier alpha value is -1.36. The van der Waals surface area contributed by atoms with Crippen molar-refractivity contribution in [1.82, 2.24) is 10.2 Å². The molecule has 0 spiro atoms. The van der Waals surface area contributed by atoms with Gasteiger partial charge in [0.25, 0.3) is 5.91 Å². The van der Waals surface area contributed by atoms with Gasteiger partial charge in [-0.15, -0.1) is 0 Å². The molecule has 1 aliphatic rings. The van der Waals surface area contributed by atoms with Crippen LogP contribution in [0.5, 0.6) is 0 Å². The average Bonchev–Trinajstić information content (AvgIpc) is 3.03. The molecule has 0 unspecified atom stereocenters. The Kier molecular flexibility index (Phi) is 6.23. The second kappa shape index (κ2) is 8.17. The smallest absolute Gasteiger partial charge is 0.252 e. The molecule has 21 heavy (non-hydrogen) atoms. The number of hydrogen-bond donors (Lipinski definition) is 1. The highest BCUT2D eigenvalue weighted by atomic mass is 32.1. The van der Waals surface area contributed by atoms with Gasteiger partial charge in [-0.25, -0.2) is 0 Å². The molecule has 1 aromatic heterocycles.